The monoisotopic (exact) mass is 202 g/mol. The Bertz CT molecular complexity index is 189. The molecule has 82 valence electrons. The summed E-state index contributed by atoms with van der Waals surface area (Å²) < 4.78 is 9.82. The zero-order valence-corrected chi connectivity index (χ0v) is 9.04. The van der Waals surface area contributed by atoms with Gasteiger partial charge >= 0.3 is 5.97 Å². The van der Waals surface area contributed by atoms with Gasteiger partial charge in [-0.1, -0.05) is 6.92 Å². The lowest BCUT2D eigenvalue weighted by atomic mass is 10.2. The van der Waals surface area contributed by atoms with Crippen LogP contribution in [-0.4, -0.2) is 32.1 Å². The molecule has 0 aliphatic heterocycles. The molecule has 0 heterocycles. The molecule has 0 saturated carbocycles. The summed E-state index contributed by atoms with van der Waals surface area (Å²) in [5, 5.41) is 0. The number of esters is 1. The highest BCUT2D eigenvalue weighted by Gasteiger charge is 2.07. The maximum atomic E-state index is 11.0. The van der Waals surface area contributed by atoms with E-state index >= 15 is 0 Å². The number of hydrogen-bond acceptors (Lipinski definition) is 4. The average molecular weight is 202 g/mol. The van der Waals surface area contributed by atoms with Crippen molar-refractivity contribution in [2.45, 2.75) is 26.7 Å². The molecule has 0 aliphatic rings. The molecular formula is C10H18O4. The largest absolute Gasteiger partial charge is 0.465 e. The van der Waals surface area contributed by atoms with Crippen molar-refractivity contribution in [2.75, 3.05) is 20.3 Å². The van der Waals surface area contributed by atoms with E-state index in [0.29, 0.717) is 13.2 Å². The summed E-state index contributed by atoms with van der Waals surface area (Å²) in [6.45, 7) is 4.31. The van der Waals surface area contributed by atoms with E-state index < -0.39 is 0 Å². The molecule has 0 fully saturated rings. The quantitative estimate of drug-likeness (QED) is 0.582. The topological polar surface area (TPSA) is 52.6 Å². The molecule has 0 saturated heterocycles. The molecule has 4 nitrogen and oxygen atoms in total. The maximum absolute atomic E-state index is 11.0. The van der Waals surface area contributed by atoms with Gasteiger partial charge in [-0.05, 0) is 6.92 Å². The van der Waals surface area contributed by atoms with Crippen molar-refractivity contribution in [3.63, 3.8) is 0 Å². The SMILES string of the molecule is COCC(C)COC(=O)CCC(C)=O. The molecule has 0 aromatic carbocycles. The molecule has 0 spiro atoms. The van der Waals surface area contributed by atoms with E-state index in [9.17, 15) is 9.59 Å². The number of ketones is 1. The molecule has 0 amide bonds. The average Bonchev–Trinajstić information content (AvgIpc) is 2.12. The summed E-state index contributed by atoms with van der Waals surface area (Å²) in [5.74, 6) is -0.115. The van der Waals surface area contributed by atoms with E-state index in [4.69, 9.17) is 9.47 Å². The lowest BCUT2D eigenvalue weighted by Crippen LogP contribution is -2.15. The van der Waals surface area contributed by atoms with Gasteiger partial charge in [0.1, 0.15) is 5.78 Å². The van der Waals surface area contributed by atoms with Gasteiger partial charge in [-0.3, -0.25) is 4.79 Å². The molecule has 14 heavy (non-hydrogen) atoms. The van der Waals surface area contributed by atoms with Crippen molar-refractivity contribution >= 4 is 11.8 Å². The van der Waals surface area contributed by atoms with Crippen LogP contribution in [0.1, 0.15) is 26.7 Å². The van der Waals surface area contributed by atoms with E-state index in [1.54, 1.807) is 7.11 Å². The lowest BCUT2D eigenvalue weighted by Gasteiger charge is -2.10. The van der Waals surface area contributed by atoms with E-state index in [0.717, 1.165) is 0 Å². The zero-order chi connectivity index (χ0) is 11.0. The number of Topliss-reactive ketones (excluding diaryl/α,β-unsaturated/α-hetero) is 1. The van der Waals surface area contributed by atoms with Crippen LogP contribution >= 0.6 is 0 Å². The zero-order valence-electron chi connectivity index (χ0n) is 9.04. The molecule has 4 heteroatoms. The van der Waals surface area contributed by atoms with Crippen molar-refractivity contribution in [3.8, 4) is 0 Å². The van der Waals surface area contributed by atoms with Crippen LogP contribution in [0.2, 0.25) is 0 Å². The Hall–Kier alpha value is -0.900. The van der Waals surface area contributed by atoms with Crippen molar-refractivity contribution in [3.05, 3.63) is 0 Å². The van der Waals surface area contributed by atoms with Crippen molar-refractivity contribution in [1.29, 1.82) is 0 Å². The van der Waals surface area contributed by atoms with Gasteiger partial charge in [-0.15, -0.1) is 0 Å². The van der Waals surface area contributed by atoms with Crippen LogP contribution in [0.4, 0.5) is 0 Å². The highest BCUT2D eigenvalue weighted by Crippen LogP contribution is 1.99. The number of carbonyl (C=O) groups is 2. The Morgan fingerprint density at radius 1 is 1.21 bits per heavy atom. The molecule has 1 unspecified atom stereocenters. The minimum atomic E-state index is -0.317. The summed E-state index contributed by atoms with van der Waals surface area (Å²) in [6.07, 6.45) is 0.437. The second-order valence-corrected chi connectivity index (χ2v) is 3.45. The second kappa shape index (κ2) is 7.50. The fraction of sp³-hybridized carbons (Fsp3) is 0.800. The van der Waals surface area contributed by atoms with Crippen LogP contribution in [0.25, 0.3) is 0 Å². The van der Waals surface area contributed by atoms with Gasteiger partial charge in [0.15, 0.2) is 0 Å². The summed E-state index contributed by atoms with van der Waals surface area (Å²) >= 11 is 0. The molecule has 0 N–H and O–H groups in total. The van der Waals surface area contributed by atoms with E-state index in [1.165, 1.54) is 6.92 Å². The van der Waals surface area contributed by atoms with Gasteiger partial charge in [-0.25, -0.2) is 0 Å². The van der Waals surface area contributed by atoms with Crippen LogP contribution in [0, 0.1) is 5.92 Å². The van der Waals surface area contributed by atoms with Gasteiger partial charge in [0, 0.05) is 19.4 Å². The van der Waals surface area contributed by atoms with Crippen LogP contribution in [0.5, 0.6) is 0 Å². The molecule has 0 bridgehead atoms. The number of methoxy groups -OCH3 is 1. The summed E-state index contributed by atoms with van der Waals surface area (Å²) in [4.78, 5) is 21.6. The van der Waals surface area contributed by atoms with Crippen LogP contribution in [-0.2, 0) is 19.1 Å². The predicted molar refractivity (Wildman–Crippen MR) is 51.9 cm³/mol. The molecule has 0 rings (SSSR count). The van der Waals surface area contributed by atoms with E-state index in [-0.39, 0.29) is 30.5 Å². The third-order valence-corrected chi connectivity index (χ3v) is 1.66. The Kier molecular flexibility index (Phi) is 7.02. The number of ether oxygens (including phenoxy) is 2. The lowest BCUT2D eigenvalue weighted by molar-refractivity contribution is -0.146. The molecule has 0 aromatic heterocycles. The fourth-order valence-corrected chi connectivity index (χ4v) is 0.918. The maximum Gasteiger partial charge on any atom is 0.306 e. The molecule has 0 aliphatic carbocycles. The molecule has 1 atom stereocenters. The standard InChI is InChI=1S/C10H18O4/c1-8(6-13-3)7-14-10(12)5-4-9(2)11/h8H,4-7H2,1-3H3. The minimum absolute atomic E-state index is 0.00638. The van der Waals surface area contributed by atoms with Crippen LogP contribution in [0.15, 0.2) is 0 Å². The first-order chi connectivity index (χ1) is 6.56. The first kappa shape index (κ1) is 13.1. The first-order valence-corrected chi connectivity index (χ1v) is 4.70. The van der Waals surface area contributed by atoms with Gasteiger partial charge < -0.3 is 14.3 Å². The van der Waals surface area contributed by atoms with Crippen LogP contribution in [0.3, 0.4) is 0 Å². The van der Waals surface area contributed by atoms with Crippen molar-refractivity contribution in [2.24, 2.45) is 5.92 Å². The Morgan fingerprint density at radius 3 is 2.36 bits per heavy atom. The molecule has 0 radical (unpaired) electrons. The Balaban J connectivity index is 3.48. The van der Waals surface area contributed by atoms with Crippen molar-refractivity contribution < 1.29 is 19.1 Å². The number of rotatable bonds is 7. The first-order valence-electron chi connectivity index (χ1n) is 4.70. The van der Waals surface area contributed by atoms with Gasteiger partial charge in [-0.2, -0.15) is 0 Å². The summed E-state index contributed by atoms with van der Waals surface area (Å²) in [5.41, 5.74) is 0. The van der Waals surface area contributed by atoms with Gasteiger partial charge in [0.05, 0.1) is 19.6 Å². The highest BCUT2D eigenvalue weighted by atomic mass is 16.5. The predicted octanol–water partition coefficient (Wildman–Crippen LogP) is 1.18. The summed E-state index contributed by atoms with van der Waals surface area (Å²) in [6, 6.07) is 0. The van der Waals surface area contributed by atoms with E-state index in [2.05, 4.69) is 0 Å². The Labute approximate surface area is 84.6 Å². The van der Waals surface area contributed by atoms with Crippen molar-refractivity contribution in [1.82, 2.24) is 0 Å². The molecule has 0 aromatic rings. The second-order valence-electron chi connectivity index (χ2n) is 3.45. The van der Waals surface area contributed by atoms with Gasteiger partial charge in [0.2, 0.25) is 0 Å². The van der Waals surface area contributed by atoms with Gasteiger partial charge in [0.25, 0.3) is 0 Å². The fourth-order valence-electron chi connectivity index (χ4n) is 0.918. The third kappa shape index (κ3) is 7.73. The Morgan fingerprint density at radius 2 is 1.86 bits per heavy atom. The van der Waals surface area contributed by atoms with Crippen LogP contribution < -0.4 is 0 Å². The number of carbonyl (C=O) groups excluding carboxylic acids is 2. The smallest absolute Gasteiger partial charge is 0.306 e. The highest BCUT2D eigenvalue weighted by molar-refractivity contribution is 5.80. The third-order valence-electron chi connectivity index (χ3n) is 1.66. The van der Waals surface area contributed by atoms with E-state index in [1.807, 2.05) is 6.92 Å². The molecular weight excluding hydrogens is 184 g/mol. The minimum Gasteiger partial charge on any atom is -0.465 e. The number of hydrogen-bond donors (Lipinski definition) is 0. The summed E-state index contributed by atoms with van der Waals surface area (Å²) in [7, 11) is 1.61. The normalized spacial score (nSPS) is 12.2.